The molecule has 6 heteroatoms. The van der Waals surface area contributed by atoms with Crippen LogP contribution in [0.4, 0.5) is 5.69 Å². The number of nitro benzene ring substituents is 1. The van der Waals surface area contributed by atoms with E-state index in [2.05, 4.69) is 0 Å². The highest BCUT2D eigenvalue weighted by Crippen LogP contribution is 2.29. The van der Waals surface area contributed by atoms with Gasteiger partial charge in [0, 0.05) is 11.1 Å². The van der Waals surface area contributed by atoms with Crippen molar-refractivity contribution >= 4 is 17.3 Å². The Kier molecular flexibility index (Phi) is 3.89. The monoisotopic (exact) mass is 226 g/mol. The van der Waals surface area contributed by atoms with E-state index in [1.807, 2.05) is 6.07 Å². The Morgan fingerprint density at radius 2 is 2.33 bits per heavy atom. The standard InChI is InChI=1S/C9H7ClN2O3/c10-7-2-3-9(15-5-1-4-11)8(6-7)12(13)14/h2-3,6H,1,5H2. The zero-order valence-corrected chi connectivity index (χ0v) is 8.40. The number of rotatable bonds is 4. The third-order valence-electron chi connectivity index (χ3n) is 1.59. The molecule has 1 aromatic carbocycles. The van der Waals surface area contributed by atoms with Gasteiger partial charge in [0.15, 0.2) is 5.75 Å². The molecular weight excluding hydrogens is 220 g/mol. The first-order valence-corrected chi connectivity index (χ1v) is 4.46. The Balaban J connectivity index is 2.87. The van der Waals surface area contributed by atoms with Gasteiger partial charge in [0.1, 0.15) is 6.61 Å². The first-order chi connectivity index (χ1) is 7.15. The number of ether oxygens (including phenoxy) is 1. The van der Waals surface area contributed by atoms with Crippen LogP contribution < -0.4 is 4.74 Å². The van der Waals surface area contributed by atoms with E-state index in [1.165, 1.54) is 18.2 Å². The number of hydrogen-bond acceptors (Lipinski definition) is 4. The quantitative estimate of drug-likeness (QED) is 0.449. The van der Waals surface area contributed by atoms with Crippen molar-refractivity contribution < 1.29 is 9.66 Å². The number of nitriles is 1. The lowest BCUT2D eigenvalue weighted by atomic mass is 10.3. The Morgan fingerprint density at radius 1 is 1.60 bits per heavy atom. The molecule has 78 valence electrons. The lowest BCUT2D eigenvalue weighted by Crippen LogP contribution is -1.99. The first-order valence-electron chi connectivity index (χ1n) is 4.09. The molecule has 0 saturated carbocycles. The fraction of sp³-hybridized carbons (Fsp3) is 0.222. The predicted molar refractivity (Wildman–Crippen MR) is 53.8 cm³/mol. The Hall–Kier alpha value is -1.80. The molecule has 0 atom stereocenters. The molecule has 0 N–H and O–H groups in total. The summed E-state index contributed by atoms with van der Waals surface area (Å²) in [5, 5.41) is 19.2. The largest absolute Gasteiger partial charge is 0.486 e. The van der Waals surface area contributed by atoms with Gasteiger partial charge < -0.3 is 4.74 Å². The molecule has 0 saturated heterocycles. The van der Waals surface area contributed by atoms with Gasteiger partial charge in [-0.05, 0) is 12.1 Å². The van der Waals surface area contributed by atoms with Crippen molar-refractivity contribution in [3.63, 3.8) is 0 Å². The van der Waals surface area contributed by atoms with Crippen LogP contribution in [-0.2, 0) is 0 Å². The van der Waals surface area contributed by atoms with E-state index in [1.54, 1.807) is 0 Å². The van der Waals surface area contributed by atoms with Crippen molar-refractivity contribution in [2.75, 3.05) is 6.61 Å². The van der Waals surface area contributed by atoms with E-state index in [-0.39, 0.29) is 29.5 Å². The van der Waals surface area contributed by atoms with E-state index in [0.717, 1.165) is 0 Å². The number of nitrogens with zero attached hydrogens (tertiary/aromatic N) is 2. The Labute approximate surface area is 91.0 Å². The van der Waals surface area contributed by atoms with Crippen LogP contribution in [0.1, 0.15) is 6.42 Å². The number of halogens is 1. The van der Waals surface area contributed by atoms with Crippen LogP contribution in [0.2, 0.25) is 5.02 Å². The van der Waals surface area contributed by atoms with Gasteiger partial charge in [0.25, 0.3) is 0 Å². The van der Waals surface area contributed by atoms with E-state index in [9.17, 15) is 10.1 Å². The summed E-state index contributed by atoms with van der Waals surface area (Å²) in [5.74, 6) is 0.125. The molecule has 1 rings (SSSR count). The van der Waals surface area contributed by atoms with Crippen molar-refractivity contribution in [3.05, 3.63) is 33.3 Å². The molecule has 15 heavy (non-hydrogen) atoms. The normalized spacial score (nSPS) is 9.33. The molecule has 0 aliphatic rings. The van der Waals surface area contributed by atoms with Gasteiger partial charge in [-0.25, -0.2) is 0 Å². The van der Waals surface area contributed by atoms with E-state index in [0.29, 0.717) is 0 Å². The van der Waals surface area contributed by atoms with Crippen molar-refractivity contribution in [2.24, 2.45) is 0 Å². The fourth-order valence-corrected chi connectivity index (χ4v) is 1.13. The lowest BCUT2D eigenvalue weighted by Gasteiger charge is -2.04. The van der Waals surface area contributed by atoms with Crippen LogP contribution in [0.5, 0.6) is 5.75 Å². The van der Waals surface area contributed by atoms with E-state index < -0.39 is 4.92 Å². The van der Waals surface area contributed by atoms with Gasteiger partial charge in [-0.15, -0.1) is 0 Å². The lowest BCUT2D eigenvalue weighted by molar-refractivity contribution is -0.385. The summed E-state index contributed by atoms with van der Waals surface area (Å²) in [5.41, 5.74) is -0.194. The summed E-state index contributed by atoms with van der Waals surface area (Å²) < 4.78 is 5.07. The van der Waals surface area contributed by atoms with Gasteiger partial charge in [0.2, 0.25) is 0 Å². The van der Waals surface area contributed by atoms with Crippen LogP contribution in [0.15, 0.2) is 18.2 Å². The zero-order chi connectivity index (χ0) is 11.3. The summed E-state index contributed by atoms with van der Waals surface area (Å²) in [7, 11) is 0. The maximum absolute atomic E-state index is 10.6. The van der Waals surface area contributed by atoms with Crippen LogP contribution in [0, 0.1) is 21.4 Å². The molecule has 0 bridgehead atoms. The summed E-state index contributed by atoms with van der Waals surface area (Å²) in [6.45, 7) is 0.124. The molecule has 0 aliphatic heterocycles. The smallest absolute Gasteiger partial charge is 0.312 e. The SMILES string of the molecule is N#CCCOc1ccc(Cl)cc1[N+](=O)[O-]. The molecular formula is C9H7ClN2O3. The second-order valence-corrected chi connectivity index (χ2v) is 3.06. The van der Waals surface area contributed by atoms with Crippen LogP contribution in [0.25, 0.3) is 0 Å². The van der Waals surface area contributed by atoms with E-state index >= 15 is 0 Å². The Bertz CT molecular complexity index is 414. The summed E-state index contributed by atoms with van der Waals surface area (Å²) in [4.78, 5) is 10.0. The highest BCUT2D eigenvalue weighted by Gasteiger charge is 2.15. The molecule has 5 nitrogen and oxygen atoms in total. The van der Waals surface area contributed by atoms with E-state index in [4.69, 9.17) is 21.6 Å². The van der Waals surface area contributed by atoms with Crippen molar-refractivity contribution in [1.29, 1.82) is 5.26 Å². The molecule has 1 aromatic rings. The minimum absolute atomic E-state index is 0.124. The Morgan fingerprint density at radius 3 is 2.93 bits per heavy atom. The highest BCUT2D eigenvalue weighted by atomic mass is 35.5. The van der Waals surface area contributed by atoms with Gasteiger partial charge in [0.05, 0.1) is 17.4 Å². The topological polar surface area (TPSA) is 76.2 Å². The molecule has 0 heterocycles. The van der Waals surface area contributed by atoms with Gasteiger partial charge in [-0.2, -0.15) is 5.26 Å². The van der Waals surface area contributed by atoms with Crippen molar-refractivity contribution in [3.8, 4) is 11.8 Å². The predicted octanol–water partition coefficient (Wildman–Crippen LogP) is 2.54. The minimum Gasteiger partial charge on any atom is -0.486 e. The van der Waals surface area contributed by atoms with Crippen molar-refractivity contribution in [1.82, 2.24) is 0 Å². The minimum atomic E-state index is -0.576. The van der Waals surface area contributed by atoms with Gasteiger partial charge in [-0.1, -0.05) is 11.6 Å². The first kappa shape index (κ1) is 11.3. The van der Waals surface area contributed by atoms with Crippen LogP contribution in [0.3, 0.4) is 0 Å². The fourth-order valence-electron chi connectivity index (χ4n) is 0.962. The third kappa shape index (κ3) is 3.11. The second-order valence-electron chi connectivity index (χ2n) is 2.63. The van der Waals surface area contributed by atoms with Crippen LogP contribution >= 0.6 is 11.6 Å². The molecule has 0 amide bonds. The zero-order valence-electron chi connectivity index (χ0n) is 7.64. The molecule has 0 aliphatic carbocycles. The summed E-state index contributed by atoms with van der Waals surface area (Å²) >= 11 is 5.61. The number of hydrogen-bond donors (Lipinski definition) is 0. The van der Waals surface area contributed by atoms with Crippen LogP contribution in [-0.4, -0.2) is 11.5 Å². The van der Waals surface area contributed by atoms with Gasteiger partial charge in [-0.3, -0.25) is 10.1 Å². The highest BCUT2D eigenvalue weighted by molar-refractivity contribution is 6.30. The average molecular weight is 227 g/mol. The summed E-state index contributed by atoms with van der Waals surface area (Å²) in [6, 6.07) is 6.00. The second kappa shape index (κ2) is 5.17. The maximum Gasteiger partial charge on any atom is 0.312 e. The summed E-state index contributed by atoms with van der Waals surface area (Å²) in [6.07, 6.45) is 0.180. The molecule has 0 aromatic heterocycles. The molecule has 0 spiro atoms. The molecule has 0 unspecified atom stereocenters. The van der Waals surface area contributed by atoms with Gasteiger partial charge >= 0.3 is 5.69 Å². The number of benzene rings is 1. The third-order valence-corrected chi connectivity index (χ3v) is 1.82. The molecule has 0 fully saturated rings. The van der Waals surface area contributed by atoms with Crippen molar-refractivity contribution in [2.45, 2.75) is 6.42 Å². The molecule has 0 radical (unpaired) electrons. The number of nitro groups is 1. The maximum atomic E-state index is 10.6. The average Bonchev–Trinajstić information content (AvgIpc) is 2.20.